The maximum absolute atomic E-state index is 14.0. The van der Waals surface area contributed by atoms with Gasteiger partial charge in [-0.2, -0.15) is 0 Å². The van der Waals surface area contributed by atoms with Crippen LogP contribution in [0.2, 0.25) is 0 Å². The van der Waals surface area contributed by atoms with Crippen molar-refractivity contribution < 1.29 is 29.1 Å². The molecule has 3 aliphatic rings. The summed E-state index contributed by atoms with van der Waals surface area (Å²) in [5.74, 6) is -2.64. The average Bonchev–Trinajstić information content (AvgIpc) is 3.14. The number of carbonyl (C=O) groups excluding carboxylic acids is 5. The van der Waals surface area contributed by atoms with Crippen LogP contribution in [0.4, 0.5) is 4.79 Å². The van der Waals surface area contributed by atoms with Gasteiger partial charge < -0.3 is 37.0 Å². The van der Waals surface area contributed by atoms with Gasteiger partial charge in [0.1, 0.15) is 12.1 Å². The number of piperidine rings is 1. The van der Waals surface area contributed by atoms with E-state index in [1.165, 1.54) is 4.90 Å². The van der Waals surface area contributed by atoms with Gasteiger partial charge in [0, 0.05) is 24.5 Å². The third kappa shape index (κ3) is 6.64. The van der Waals surface area contributed by atoms with Gasteiger partial charge in [0.15, 0.2) is 6.10 Å². The van der Waals surface area contributed by atoms with E-state index in [9.17, 15) is 29.1 Å². The number of primary amides is 1. The normalized spacial score (nSPS) is 28.0. The number of likely N-dealkylation sites (tertiary alicyclic amines) is 1. The van der Waals surface area contributed by atoms with E-state index >= 15 is 0 Å². The van der Waals surface area contributed by atoms with Gasteiger partial charge in [0.25, 0.3) is 0 Å². The van der Waals surface area contributed by atoms with Gasteiger partial charge >= 0.3 is 6.03 Å². The Morgan fingerprint density at radius 3 is 2.23 bits per heavy atom. The van der Waals surface area contributed by atoms with Gasteiger partial charge in [-0.3, -0.25) is 19.2 Å². The summed E-state index contributed by atoms with van der Waals surface area (Å²) in [6.07, 6.45) is -1.14. The summed E-state index contributed by atoms with van der Waals surface area (Å²) < 4.78 is 0. The highest BCUT2D eigenvalue weighted by atomic mass is 16.3. The first kappa shape index (κ1) is 30.6. The van der Waals surface area contributed by atoms with E-state index in [4.69, 9.17) is 5.73 Å². The number of nitrogens with zero attached hydrogens (tertiary/aromatic N) is 1. The highest BCUT2D eigenvalue weighted by molar-refractivity contribution is 5.94. The van der Waals surface area contributed by atoms with Crippen molar-refractivity contribution in [2.24, 2.45) is 34.3 Å². The zero-order chi connectivity index (χ0) is 29.7. The van der Waals surface area contributed by atoms with Crippen molar-refractivity contribution in [3.05, 3.63) is 0 Å². The van der Waals surface area contributed by atoms with Gasteiger partial charge in [-0.15, -0.1) is 0 Å². The Labute approximate surface area is 230 Å². The van der Waals surface area contributed by atoms with Crippen molar-refractivity contribution in [2.75, 3.05) is 13.1 Å². The van der Waals surface area contributed by atoms with E-state index in [-0.39, 0.29) is 35.5 Å². The van der Waals surface area contributed by atoms with E-state index in [1.807, 2.05) is 55.4 Å². The molecule has 0 bridgehead atoms. The predicted molar refractivity (Wildman–Crippen MR) is 144 cm³/mol. The second-order valence-corrected chi connectivity index (χ2v) is 14.0. The van der Waals surface area contributed by atoms with E-state index in [2.05, 4.69) is 21.3 Å². The average molecular weight is 551 g/mol. The smallest absolute Gasteiger partial charge is 0.315 e. The van der Waals surface area contributed by atoms with E-state index in [0.29, 0.717) is 19.5 Å². The molecule has 12 nitrogen and oxygen atoms in total. The van der Waals surface area contributed by atoms with E-state index < -0.39 is 58.9 Å². The standard InChI is InChI=1S/C27H46N6O6/c1-25(2,3)19(31-24(39)32-26(4,5)6)23(38)33-12-14-16(27(14,7)8)17(33)22(37)30-15(18(34)20(28)35)11-13-9-10-29-21(13)36/h13-19,34H,9-12H2,1-8H3,(H2,28,35)(H,29,36)(H,30,37)(H2,31,32,39)/t13-,14-,15-,16-,17-,18?,19+/m0/s1. The summed E-state index contributed by atoms with van der Waals surface area (Å²) in [6.45, 7) is 15.9. The minimum Gasteiger partial charge on any atom is -0.381 e. The van der Waals surface area contributed by atoms with Crippen LogP contribution < -0.4 is 27.0 Å². The topological polar surface area (TPSA) is 183 Å². The molecule has 0 aromatic carbocycles. The van der Waals surface area contributed by atoms with Crippen LogP contribution in [-0.2, 0) is 19.2 Å². The Morgan fingerprint density at radius 2 is 1.74 bits per heavy atom. The molecule has 1 aliphatic carbocycles. The number of rotatable bonds is 8. The summed E-state index contributed by atoms with van der Waals surface area (Å²) >= 11 is 0. The number of urea groups is 1. The van der Waals surface area contributed by atoms with Crippen LogP contribution in [0.15, 0.2) is 0 Å². The summed E-state index contributed by atoms with van der Waals surface area (Å²) in [5.41, 5.74) is 4.00. The molecular formula is C27H46N6O6. The fourth-order valence-corrected chi connectivity index (χ4v) is 6.05. The lowest BCUT2D eigenvalue weighted by Crippen LogP contribution is -2.62. The number of aliphatic hydroxyl groups is 1. The number of nitrogens with two attached hydrogens (primary N) is 1. The minimum atomic E-state index is -1.69. The number of nitrogens with one attached hydrogen (secondary N) is 4. The molecule has 7 N–H and O–H groups in total. The fourth-order valence-electron chi connectivity index (χ4n) is 6.05. The summed E-state index contributed by atoms with van der Waals surface area (Å²) in [5, 5.41) is 21.6. The maximum Gasteiger partial charge on any atom is 0.315 e. The molecule has 1 saturated carbocycles. The molecule has 2 aliphatic heterocycles. The van der Waals surface area contributed by atoms with Crippen LogP contribution in [0.3, 0.4) is 0 Å². The Kier molecular flexibility index (Phi) is 8.32. The fraction of sp³-hybridized carbons (Fsp3) is 0.815. The first-order valence-electron chi connectivity index (χ1n) is 13.7. The van der Waals surface area contributed by atoms with Crippen molar-refractivity contribution in [1.82, 2.24) is 26.2 Å². The third-order valence-electron chi connectivity index (χ3n) is 8.34. The second-order valence-electron chi connectivity index (χ2n) is 14.0. The molecule has 3 fully saturated rings. The Hall–Kier alpha value is -2.89. The summed E-state index contributed by atoms with van der Waals surface area (Å²) in [6, 6.07) is -3.35. The van der Waals surface area contributed by atoms with Crippen LogP contribution in [0.5, 0.6) is 0 Å². The summed E-state index contributed by atoms with van der Waals surface area (Å²) in [7, 11) is 0. The number of aliphatic hydroxyl groups excluding tert-OH is 1. The molecule has 1 unspecified atom stereocenters. The highest BCUT2D eigenvalue weighted by Crippen LogP contribution is 2.65. The van der Waals surface area contributed by atoms with Gasteiger partial charge in [0.05, 0.1) is 6.04 Å². The third-order valence-corrected chi connectivity index (χ3v) is 8.34. The quantitative estimate of drug-likeness (QED) is 0.244. The molecule has 7 atom stereocenters. The van der Waals surface area contributed by atoms with Gasteiger partial charge in [-0.05, 0) is 56.3 Å². The number of amides is 6. The molecule has 6 amide bonds. The lowest BCUT2D eigenvalue weighted by Gasteiger charge is -2.38. The largest absolute Gasteiger partial charge is 0.381 e. The van der Waals surface area contributed by atoms with Crippen molar-refractivity contribution in [3.8, 4) is 0 Å². The molecular weight excluding hydrogens is 504 g/mol. The monoisotopic (exact) mass is 550 g/mol. The molecule has 2 saturated heterocycles. The molecule has 0 aromatic rings. The first-order chi connectivity index (χ1) is 17.8. The predicted octanol–water partition coefficient (Wildman–Crippen LogP) is -0.161. The number of hydrogen-bond acceptors (Lipinski definition) is 6. The van der Waals surface area contributed by atoms with Crippen LogP contribution in [-0.4, -0.2) is 82.5 Å². The molecule has 2 heterocycles. The molecule has 220 valence electrons. The number of fused-ring (bicyclic) bond motifs is 1. The Bertz CT molecular complexity index is 1020. The zero-order valence-electron chi connectivity index (χ0n) is 24.4. The second kappa shape index (κ2) is 10.6. The number of carbonyl (C=O) groups is 5. The van der Waals surface area contributed by atoms with Crippen molar-refractivity contribution in [2.45, 2.75) is 98.0 Å². The Morgan fingerprint density at radius 1 is 1.13 bits per heavy atom. The van der Waals surface area contributed by atoms with Crippen LogP contribution in [0, 0.1) is 28.6 Å². The van der Waals surface area contributed by atoms with Crippen LogP contribution in [0.1, 0.15) is 68.2 Å². The highest BCUT2D eigenvalue weighted by Gasteiger charge is 2.70. The van der Waals surface area contributed by atoms with E-state index in [1.54, 1.807) is 0 Å². The molecule has 12 heteroatoms. The molecule has 3 rings (SSSR count). The molecule has 0 aromatic heterocycles. The Balaban J connectivity index is 1.85. The molecule has 0 spiro atoms. The lowest BCUT2D eigenvalue weighted by molar-refractivity contribution is -0.144. The minimum absolute atomic E-state index is 0.0407. The number of hydrogen-bond donors (Lipinski definition) is 6. The maximum atomic E-state index is 14.0. The van der Waals surface area contributed by atoms with E-state index in [0.717, 1.165) is 0 Å². The van der Waals surface area contributed by atoms with Crippen molar-refractivity contribution in [3.63, 3.8) is 0 Å². The van der Waals surface area contributed by atoms with Crippen LogP contribution >= 0.6 is 0 Å². The zero-order valence-corrected chi connectivity index (χ0v) is 24.4. The first-order valence-corrected chi connectivity index (χ1v) is 13.7. The van der Waals surface area contributed by atoms with Crippen molar-refractivity contribution >= 4 is 29.7 Å². The lowest BCUT2D eigenvalue weighted by atomic mass is 9.85. The van der Waals surface area contributed by atoms with Gasteiger partial charge in [0.2, 0.25) is 23.6 Å². The summed E-state index contributed by atoms with van der Waals surface area (Å²) in [4.78, 5) is 66.0. The van der Waals surface area contributed by atoms with Crippen LogP contribution in [0.25, 0.3) is 0 Å². The molecule has 0 radical (unpaired) electrons. The van der Waals surface area contributed by atoms with Gasteiger partial charge in [-0.1, -0.05) is 34.6 Å². The SMILES string of the molecule is CC(C)(C)NC(=O)N[C@H](C(=O)N1C[C@H]2[C@@H]([C@H]1C(=O)N[C@@H](C[C@@H]1CCNC1=O)C(O)C(N)=O)C2(C)C)C(C)(C)C. The van der Waals surface area contributed by atoms with Crippen molar-refractivity contribution in [1.29, 1.82) is 0 Å². The molecule has 39 heavy (non-hydrogen) atoms. The van der Waals surface area contributed by atoms with Gasteiger partial charge in [-0.25, -0.2) is 4.79 Å².